The summed E-state index contributed by atoms with van der Waals surface area (Å²) in [7, 11) is 0. The highest BCUT2D eigenvalue weighted by Crippen LogP contribution is 2.29. The number of nitrogens with zero attached hydrogens (tertiary/aromatic N) is 1. The van der Waals surface area contributed by atoms with Crippen molar-refractivity contribution in [3.8, 4) is 5.75 Å². The second-order valence-electron chi connectivity index (χ2n) is 11.2. The summed E-state index contributed by atoms with van der Waals surface area (Å²) in [5, 5.41) is 13.0. The third-order valence-electron chi connectivity index (χ3n) is 8.02. The fourth-order valence-corrected chi connectivity index (χ4v) is 5.33. The van der Waals surface area contributed by atoms with Crippen LogP contribution in [-0.4, -0.2) is 46.9 Å². The molecule has 1 fully saturated rings. The maximum Gasteiger partial charge on any atom is 0.326 e. The van der Waals surface area contributed by atoms with E-state index < -0.39 is 12.0 Å². The van der Waals surface area contributed by atoms with E-state index in [-0.39, 0.29) is 24.0 Å². The number of amides is 1. The SMILES string of the molecule is O=C(c1ccccc1)c1ccccc1N[C@@H](Cc1ccc(OCCCN(Cc2ccccc2)C(=O)C2CCC2)cc1)C(=O)O. The summed E-state index contributed by atoms with van der Waals surface area (Å²) in [6.07, 6.45) is 4.01. The molecule has 1 atom stereocenters. The van der Waals surface area contributed by atoms with Crippen LogP contribution >= 0.6 is 0 Å². The Morgan fingerprint density at radius 2 is 1.48 bits per heavy atom. The maximum atomic E-state index is 13.1. The lowest BCUT2D eigenvalue weighted by molar-refractivity contribution is -0.139. The van der Waals surface area contributed by atoms with Crippen LogP contribution in [0.15, 0.2) is 109 Å². The highest BCUT2D eigenvalue weighted by atomic mass is 16.5. The normalized spacial score (nSPS) is 13.4. The van der Waals surface area contributed by atoms with Gasteiger partial charge in [0.05, 0.1) is 6.61 Å². The van der Waals surface area contributed by atoms with Crippen LogP contribution in [-0.2, 0) is 22.6 Å². The topological polar surface area (TPSA) is 95.9 Å². The van der Waals surface area contributed by atoms with Crippen molar-refractivity contribution >= 4 is 23.3 Å². The van der Waals surface area contributed by atoms with Gasteiger partial charge < -0.3 is 20.1 Å². The lowest BCUT2D eigenvalue weighted by Gasteiger charge is -2.32. The van der Waals surface area contributed by atoms with Gasteiger partial charge in [0, 0.05) is 42.2 Å². The van der Waals surface area contributed by atoms with Crippen molar-refractivity contribution in [2.75, 3.05) is 18.5 Å². The van der Waals surface area contributed by atoms with E-state index in [9.17, 15) is 19.5 Å². The van der Waals surface area contributed by atoms with E-state index in [2.05, 4.69) is 5.32 Å². The zero-order valence-corrected chi connectivity index (χ0v) is 24.7. The number of aliphatic carboxylic acids is 1. The van der Waals surface area contributed by atoms with E-state index in [1.165, 1.54) is 0 Å². The largest absolute Gasteiger partial charge is 0.494 e. The average molecular weight is 591 g/mol. The van der Waals surface area contributed by atoms with E-state index in [1.807, 2.05) is 65.6 Å². The minimum absolute atomic E-state index is 0.147. The van der Waals surface area contributed by atoms with E-state index in [4.69, 9.17) is 4.74 Å². The zero-order valence-electron chi connectivity index (χ0n) is 24.7. The Morgan fingerprint density at radius 1 is 0.818 bits per heavy atom. The van der Waals surface area contributed by atoms with Gasteiger partial charge in [-0.25, -0.2) is 4.79 Å². The van der Waals surface area contributed by atoms with Crippen molar-refractivity contribution in [1.82, 2.24) is 4.90 Å². The smallest absolute Gasteiger partial charge is 0.326 e. The van der Waals surface area contributed by atoms with Gasteiger partial charge in [-0.2, -0.15) is 0 Å². The maximum absolute atomic E-state index is 13.1. The number of carbonyl (C=O) groups excluding carboxylic acids is 2. The number of carbonyl (C=O) groups is 3. The number of nitrogens with one attached hydrogen (secondary N) is 1. The van der Waals surface area contributed by atoms with Crippen molar-refractivity contribution in [2.45, 2.75) is 44.7 Å². The number of ketones is 1. The first kappa shape index (κ1) is 30.5. The van der Waals surface area contributed by atoms with Gasteiger partial charge in [0.2, 0.25) is 5.91 Å². The van der Waals surface area contributed by atoms with Crippen LogP contribution < -0.4 is 10.1 Å². The molecule has 4 aromatic rings. The number of ether oxygens (including phenoxy) is 1. The van der Waals surface area contributed by atoms with Crippen LogP contribution in [0, 0.1) is 5.92 Å². The van der Waals surface area contributed by atoms with Gasteiger partial charge in [-0.05, 0) is 54.7 Å². The fraction of sp³-hybridized carbons (Fsp3) is 0.270. The number of hydrogen-bond donors (Lipinski definition) is 2. The molecule has 0 radical (unpaired) electrons. The molecular formula is C37H38N2O5. The molecule has 7 nitrogen and oxygen atoms in total. The molecule has 44 heavy (non-hydrogen) atoms. The van der Waals surface area contributed by atoms with Crippen molar-refractivity contribution in [3.63, 3.8) is 0 Å². The minimum atomic E-state index is -1.01. The Kier molecular flexibility index (Phi) is 10.4. The van der Waals surface area contributed by atoms with Crippen molar-refractivity contribution in [3.05, 3.63) is 131 Å². The summed E-state index contributed by atoms with van der Waals surface area (Å²) < 4.78 is 5.97. The molecule has 4 aromatic carbocycles. The zero-order chi connectivity index (χ0) is 30.7. The molecule has 7 heteroatoms. The van der Waals surface area contributed by atoms with Crippen LogP contribution in [0.4, 0.5) is 5.69 Å². The summed E-state index contributed by atoms with van der Waals surface area (Å²) in [6.45, 7) is 1.70. The van der Waals surface area contributed by atoms with Crippen LogP contribution in [0.1, 0.15) is 52.7 Å². The number of hydrogen-bond acceptors (Lipinski definition) is 5. The molecule has 226 valence electrons. The summed E-state index contributed by atoms with van der Waals surface area (Å²) in [6, 6.07) is 32.4. The van der Waals surface area contributed by atoms with E-state index >= 15 is 0 Å². The molecule has 1 saturated carbocycles. The molecule has 0 saturated heterocycles. The first-order valence-corrected chi connectivity index (χ1v) is 15.2. The van der Waals surface area contributed by atoms with Gasteiger partial charge in [0.15, 0.2) is 5.78 Å². The molecular weight excluding hydrogens is 552 g/mol. The van der Waals surface area contributed by atoms with Crippen molar-refractivity contribution in [2.24, 2.45) is 5.92 Å². The summed E-state index contributed by atoms with van der Waals surface area (Å²) in [5.41, 5.74) is 3.38. The third-order valence-corrected chi connectivity index (χ3v) is 8.02. The van der Waals surface area contributed by atoms with Gasteiger partial charge in [-0.15, -0.1) is 0 Å². The first-order chi connectivity index (χ1) is 21.5. The molecule has 0 bridgehead atoms. The number of rotatable bonds is 15. The van der Waals surface area contributed by atoms with Gasteiger partial charge >= 0.3 is 5.97 Å². The first-order valence-electron chi connectivity index (χ1n) is 15.2. The molecule has 5 rings (SSSR count). The molecule has 0 unspecified atom stereocenters. The Morgan fingerprint density at radius 3 is 2.14 bits per heavy atom. The number of para-hydroxylation sites is 1. The molecule has 1 aliphatic carbocycles. The third kappa shape index (κ3) is 8.13. The number of carboxylic acids is 1. The summed E-state index contributed by atoms with van der Waals surface area (Å²) >= 11 is 0. The van der Waals surface area contributed by atoms with Crippen LogP contribution in [0.5, 0.6) is 5.75 Å². The highest BCUT2D eigenvalue weighted by Gasteiger charge is 2.29. The molecule has 0 aromatic heterocycles. The number of benzene rings is 4. The fourth-order valence-electron chi connectivity index (χ4n) is 5.33. The minimum Gasteiger partial charge on any atom is -0.494 e. The summed E-state index contributed by atoms with van der Waals surface area (Å²) in [5.74, 6) is -0.113. The Hall–Kier alpha value is -4.91. The van der Waals surface area contributed by atoms with Crippen LogP contribution in [0.2, 0.25) is 0 Å². The standard InChI is InChI=1S/C37H38N2O5/c40-35(29-13-5-2-6-14-29)32-17-7-8-18-33(32)38-34(37(42)43)25-27-19-21-31(22-20-27)44-24-10-23-39(36(41)30-15-9-16-30)26-28-11-3-1-4-12-28/h1-8,11-14,17-22,30,34,38H,9-10,15-16,23-26H2,(H,42,43)/t34-/m0/s1. The predicted octanol–water partition coefficient (Wildman–Crippen LogP) is 6.62. The molecule has 0 spiro atoms. The molecule has 1 amide bonds. The molecule has 2 N–H and O–H groups in total. The van der Waals surface area contributed by atoms with Gasteiger partial charge in [-0.3, -0.25) is 9.59 Å². The van der Waals surface area contributed by atoms with E-state index in [0.717, 1.165) is 30.4 Å². The molecule has 1 aliphatic rings. The van der Waals surface area contributed by atoms with Crippen molar-refractivity contribution < 1.29 is 24.2 Å². The number of anilines is 1. The second-order valence-corrected chi connectivity index (χ2v) is 11.2. The number of carboxylic acid groups (broad SMARTS) is 1. The van der Waals surface area contributed by atoms with Gasteiger partial charge in [0.1, 0.15) is 11.8 Å². The monoisotopic (exact) mass is 590 g/mol. The molecule has 0 heterocycles. The summed E-state index contributed by atoms with van der Waals surface area (Å²) in [4.78, 5) is 40.3. The van der Waals surface area contributed by atoms with Gasteiger partial charge in [0.25, 0.3) is 0 Å². The quantitative estimate of drug-likeness (QED) is 0.119. The predicted molar refractivity (Wildman–Crippen MR) is 171 cm³/mol. The Bertz CT molecular complexity index is 1540. The second kappa shape index (κ2) is 15.0. The van der Waals surface area contributed by atoms with Crippen LogP contribution in [0.25, 0.3) is 0 Å². The average Bonchev–Trinajstić information content (AvgIpc) is 3.03. The Balaban J connectivity index is 1.15. The molecule has 0 aliphatic heterocycles. The Labute approximate surface area is 258 Å². The van der Waals surface area contributed by atoms with E-state index in [1.54, 1.807) is 48.5 Å². The van der Waals surface area contributed by atoms with Crippen molar-refractivity contribution in [1.29, 1.82) is 0 Å². The van der Waals surface area contributed by atoms with Gasteiger partial charge in [-0.1, -0.05) is 91.3 Å². The lowest BCUT2D eigenvalue weighted by Crippen LogP contribution is -2.39. The van der Waals surface area contributed by atoms with Crippen LogP contribution in [0.3, 0.4) is 0 Å². The highest BCUT2D eigenvalue weighted by molar-refractivity contribution is 6.12. The lowest BCUT2D eigenvalue weighted by atomic mass is 9.84. The van der Waals surface area contributed by atoms with E-state index in [0.29, 0.717) is 48.7 Å².